The molecule has 2 aliphatic rings. The summed E-state index contributed by atoms with van der Waals surface area (Å²) in [6.45, 7) is 0. The molecular formula is C14H18ClN3O2. The van der Waals surface area contributed by atoms with Gasteiger partial charge in [-0.2, -0.15) is 0 Å². The first-order chi connectivity index (χ1) is 9.65. The number of carboxylic acid groups (broad SMARTS) is 1. The molecule has 1 heterocycles. The average molecular weight is 296 g/mol. The first-order valence-electron chi connectivity index (χ1n) is 7.22. The molecule has 0 spiro atoms. The highest BCUT2D eigenvalue weighted by molar-refractivity contribution is 6.35. The van der Waals surface area contributed by atoms with E-state index in [0.29, 0.717) is 23.6 Å². The molecule has 1 aromatic heterocycles. The number of aromatic nitrogens is 2. The van der Waals surface area contributed by atoms with Crippen molar-refractivity contribution in [1.29, 1.82) is 0 Å². The minimum atomic E-state index is -1.09. The van der Waals surface area contributed by atoms with Gasteiger partial charge in [-0.15, -0.1) is 0 Å². The van der Waals surface area contributed by atoms with E-state index in [-0.39, 0.29) is 10.7 Å². The van der Waals surface area contributed by atoms with Gasteiger partial charge in [-0.1, -0.05) is 30.9 Å². The second-order valence-corrected chi connectivity index (χ2v) is 6.03. The second kappa shape index (κ2) is 5.56. The summed E-state index contributed by atoms with van der Waals surface area (Å²) in [6, 6.07) is 0.338. The van der Waals surface area contributed by atoms with E-state index in [4.69, 9.17) is 11.6 Å². The highest BCUT2D eigenvalue weighted by Gasteiger charge is 2.30. The Balaban J connectivity index is 1.89. The van der Waals surface area contributed by atoms with E-state index < -0.39 is 5.97 Å². The van der Waals surface area contributed by atoms with E-state index in [9.17, 15) is 9.90 Å². The van der Waals surface area contributed by atoms with Crippen LogP contribution in [0, 0.1) is 0 Å². The maximum absolute atomic E-state index is 11.3. The first-order valence-corrected chi connectivity index (χ1v) is 7.60. The molecule has 2 N–H and O–H groups in total. The van der Waals surface area contributed by atoms with Gasteiger partial charge < -0.3 is 10.4 Å². The fourth-order valence-electron chi connectivity index (χ4n) is 2.67. The van der Waals surface area contributed by atoms with Crippen LogP contribution in [0.15, 0.2) is 0 Å². The number of nitrogens with zero attached hydrogens (tertiary/aromatic N) is 2. The quantitative estimate of drug-likeness (QED) is 0.890. The Labute approximate surface area is 122 Å². The Kier molecular flexibility index (Phi) is 3.78. The van der Waals surface area contributed by atoms with Crippen molar-refractivity contribution in [3.63, 3.8) is 0 Å². The van der Waals surface area contributed by atoms with Crippen LogP contribution in [0.3, 0.4) is 0 Å². The van der Waals surface area contributed by atoms with Crippen LogP contribution in [-0.2, 0) is 0 Å². The molecule has 2 fully saturated rings. The van der Waals surface area contributed by atoms with E-state index in [2.05, 4.69) is 15.3 Å². The molecule has 3 rings (SSSR count). The molecule has 1 aromatic rings. The number of anilines is 1. The number of carbonyl (C=O) groups is 1. The summed E-state index contributed by atoms with van der Waals surface area (Å²) >= 11 is 6.15. The van der Waals surface area contributed by atoms with Crippen LogP contribution in [0.5, 0.6) is 0 Å². The minimum absolute atomic E-state index is 0.0816. The predicted octanol–water partition coefficient (Wildman–Crippen LogP) is 3.45. The van der Waals surface area contributed by atoms with E-state index in [1.807, 2.05) is 0 Å². The zero-order valence-corrected chi connectivity index (χ0v) is 12.0. The summed E-state index contributed by atoms with van der Waals surface area (Å²) in [5.74, 6) is 0.321. The van der Waals surface area contributed by atoms with Gasteiger partial charge in [0.1, 0.15) is 16.7 Å². The summed E-state index contributed by atoms with van der Waals surface area (Å²) in [7, 11) is 0. The monoisotopic (exact) mass is 295 g/mol. The summed E-state index contributed by atoms with van der Waals surface area (Å²) < 4.78 is 0. The van der Waals surface area contributed by atoms with E-state index >= 15 is 0 Å². The van der Waals surface area contributed by atoms with Gasteiger partial charge in [0.2, 0.25) is 0 Å². The van der Waals surface area contributed by atoms with E-state index in [1.165, 1.54) is 19.3 Å². The predicted molar refractivity (Wildman–Crippen MR) is 76.5 cm³/mol. The maximum Gasteiger partial charge on any atom is 0.356 e. The molecule has 0 aliphatic heterocycles. The number of halogens is 1. The van der Waals surface area contributed by atoms with Crippen molar-refractivity contribution in [2.75, 3.05) is 5.32 Å². The summed E-state index contributed by atoms with van der Waals surface area (Å²) in [4.78, 5) is 19.8. The van der Waals surface area contributed by atoms with Crippen LogP contribution in [0.2, 0.25) is 5.02 Å². The molecule has 0 atom stereocenters. The van der Waals surface area contributed by atoms with Crippen LogP contribution >= 0.6 is 11.6 Å². The van der Waals surface area contributed by atoms with Gasteiger partial charge in [0.15, 0.2) is 5.69 Å². The van der Waals surface area contributed by atoms with Crippen LogP contribution < -0.4 is 5.32 Å². The zero-order chi connectivity index (χ0) is 14.1. The van der Waals surface area contributed by atoms with Gasteiger partial charge in [-0.3, -0.25) is 0 Å². The van der Waals surface area contributed by atoms with Crippen molar-refractivity contribution in [3.05, 3.63) is 16.5 Å². The highest BCUT2D eigenvalue weighted by atomic mass is 35.5. The normalized spacial score (nSPS) is 19.9. The molecule has 0 amide bonds. The highest BCUT2D eigenvalue weighted by Crippen LogP contribution is 2.40. The number of hydrogen-bond donors (Lipinski definition) is 2. The van der Waals surface area contributed by atoms with Crippen LogP contribution in [0.1, 0.15) is 67.2 Å². The van der Waals surface area contributed by atoms with E-state index in [0.717, 1.165) is 25.7 Å². The molecular weight excluding hydrogens is 278 g/mol. The Morgan fingerprint density at radius 2 is 1.85 bits per heavy atom. The van der Waals surface area contributed by atoms with Gasteiger partial charge >= 0.3 is 5.97 Å². The molecule has 0 saturated heterocycles. The van der Waals surface area contributed by atoms with Gasteiger partial charge in [0, 0.05) is 12.0 Å². The standard InChI is InChI=1S/C14H18ClN3O2/c15-10-11(14(19)20)17-12(8-6-7-8)18-13(10)16-9-4-2-1-3-5-9/h8-9H,1-7H2,(H,19,20)(H,16,17,18). The zero-order valence-electron chi connectivity index (χ0n) is 11.2. The van der Waals surface area contributed by atoms with Gasteiger partial charge in [0.25, 0.3) is 0 Å². The molecule has 20 heavy (non-hydrogen) atoms. The third-order valence-electron chi connectivity index (χ3n) is 3.96. The van der Waals surface area contributed by atoms with Crippen LogP contribution in [0.25, 0.3) is 0 Å². The minimum Gasteiger partial charge on any atom is -0.476 e. The molecule has 0 radical (unpaired) electrons. The summed E-state index contributed by atoms with van der Waals surface area (Å²) in [5.41, 5.74) is -0.0816. The largest absolute Gasteiger partial charge is 0.476 e. The summed E-state index contributed by atoms with van der Waals surface area (Å²) in [5, 5.41) is 12.7. The Morgan fingerprint density at radius 3 is 2.45 bits per heavy atom. The summed E-state index contributed by atoms with van der Waals surface area (Å²) in [6.07, 6.45) is 7.89. The van der Waals surface area contributed by atoms with Crippen molar-refractivity contribution in [1.82, 2.24) is 9.97 Å². The Bertz CT molecular complexity index is 525. The lowest BCUT2D eigenvalue weighted by atomic mass is 9.95. The molecule has 6 heteroatoms. The topological polar surface area (TPSA) is 75.1 Å². The van der Waals surface area contributed by atoms with Gasteiger partial charge in [0.05, 0.1) is 0 Å². The third-order valence-corrected chi connectivity index (χ3v) is 4.32. The number of carboxylic acids is 1. The average Bonchev–Trinajstić information content (AvgIpc) is 3.26. The smallest absolute Gasteiger partial charge is 0.356 e. The Morgan fingerprint density at radius 1 is 1.15 bits per heavy atom. The Hall–Kier alpha value is -1.36. The van der Waals surface area contributed by atoms with Gasteiger partial charge in [-0.25, -0.2) is 14.8 Å². The molecule has 0 aromatic carbocycles. The fraction of sp³-hybridized carbons (Fsp3) is 0.643. The van der Waals surface area contributed by atoms with Crippen LogP contribution in [-0.4, -0.2) is 27.1 Å². The van der Waals surface area contributed by atoms with Crippen LogP contribution in [0.4, 0.5) is 5.82 Å². The maximum atomic E-state index is 11.3. The van der Waals surface area contributed by atoms with Crippen molar-refractivity contribution in [2.45, 2.75) is 56.9 Å². The van der Waals surface area contributed by atoms with Crippen molar-refractivity contribution >= 4 is 23.4 Å². The van der Waals surface area contributed by atoms with Crippen molar-refractivity contribution in [2.24, 2.45) is 0 Å². The van der Waals surface area contributed by atoms with E-state index in [1.54, 1.807) is 0 Å². The lowest BCUT2D eigenvalue weighted by molar-refractivity contribution is 0.0690. The lowest BCUT2D eigenvalue weighted by Gasteiger charge is -2.24. The number of rotatable bonds is 4. The molecule has 0 bridgehead atoms. The molecule has 108 valence electrons. The fourth-order valence-corrected chi connectivity index (χ4v) is 2.89. The first kappa shape index (κ1) is 13.6. The lowest BCUT2D eigenvalue weighted by Crippen LogP contribution is -2.24. The third kappa shape index (κ3) is 2.87. The molecule has 2 saturated carbocycles. The van der Waals surface area contributed by atoms with Gasteiger partial charge in [-0.05, 0) is 25.7 Å². The number of nitrogens with one attached hydrogen (secondary N) is 1. The van der Waals surface area contributed by atoms with Crippen molar-refractivity contribution < 1.29 is 9.90 Å². The second-order valence-electron chi connectivity index (χ2n) is 5.65. The van der Waals surface area contributed by atoms with Crippen molar-refractivity contribution in [3.8, 4) is 0 Å². The SMILES string of the molecule is O=C(O)c1nc(C2CC2)nc(NC2CCCCC2)c1Cl. The molecule has 0 unspecified atom stereocenters. The molecule has 2 aliphatic carbocycles. The number of aromatic carboxylic acids is 1. The number of hydrogen-bond acceptors (Lipinski definition) is 4. The molecule has 5 nitrogen and oxygen atoms in total.